The summed E-state index contributed by atoms with van der Waals surface area (Å²) in [5.41, 5.74) is 7.28. The van der Waals surface area contributed by atoms with Gasteiger partial charge in [-0.05, 0) is 17.7 Å². The summed E-state index contributed by atoms with van der Waals surface area (Å²) in [7, 11) is 0. The third-order valence-corrected chi connectivity index (χ3v) is 2.60. The number of nitrogen functional groups attached to an aromatic ring is 1. The Balaban J connectivity index is 2.87. The number of rotatable bonds is 1. The largest absolute Gasteiger partial charge is 0.423 e. The van der Waals surface area contributed by atoms with Gasteiger partial charge in [-0.3, -0.25) is 0 Å². The fourth-order valence-electron chi connectivity index (χ4n) is 1.36. The summed E-state index contributed by atoms with van der Waals surface area (Å²) in [6.07, 6.45) is 0. The Bertz CT molecular complexity index is 533. The zero-order valence-electron chi connectivity index (χ0n) is 7.29. The van der Waals surface area contributed by atoms with Crippen molar-refractivity contribution in [3.8, 4) is 0 Å². The van der Waals surface area contributed by atoms with E-state index in [1.807, 2.05) is 6.07 Å². The van der Waals surface area contributed by atoms with Crippen LogP contribution in [-0.2, 0) is 5.33 Å². The van der Waals surface area contributed by atoms with Gasteiger partial charge in [-0.25, -0.2) is 4.79 Å². The number of benzene rings is 1. The van der Waals surface area contributed by atoms with Crippen LogP contribution in [-0.4, -0.2) is 0 Å². The highest BCUT2D eigenvalue weighted by Crippen LogP contribution is 2.21. The second-order valence-electron chi connectivity index (χ2n) is 2.98. The molecule has 2 rings (SSSR count). The maximum absolute atomic E-state index is 11.1. The van der Waals surface area contributed by atoms with E-state index in [0.717, 1.165) is 10.9 Å². The lowest BCUT2D eigenvalue weighted by atomic mass is 10.1. The minimum absolute atomic E-state index is 0.349. The summed E-state index contributed by atoms with van der Waals surface area (Å²) in [4.78, 5) is 11.1. The molecule has 0 radical (unpaired) electrons. The van der Waals surface area contributed by atoms with Gasteiger partial charge >= 0.3 is 5.63 Å². The number of hydrogen-bond donors (Lipinski definition) is 1. The first-order chi connectivity index (χ1) is 6.70. The molecule has 0 saturated carbocycles. The van der Waals surface area contributed by atoms with Gasteiger partial charge in [0, 0.05) is 28.5 Å². The Hall–Kier alpha value is -1.29. The number of halogens is 1. The fraction of sp³-hybridized carbons (Fsp3) is 0.100. The van der Waals surface area contributed by atoms with Crippen molar-refractivity contribution in [1.82, 2.24) is 0 Å². The van der Waals surface area contributed by atoms with Crippen molar-refractivity contribution in [2.75, 3.05) is 5.73 Å². The smallest absolute Gasteiger partial charge is 0.336 e. The molecule has 0 spiro atoms. The standard InChI is InChI=1S/C10H8BrNO2/c11-5-6-3-10(13)14-9-4-7(12)1-2-8(6)9/h1-4H,5,12H2. The SMILES string of the molecule is Nc1ccc2c(CBr)cc(=O)oc2c1. The van der Waals surface area contributed by atoms with Crippen molar-refractivity contribution in [1.29, 1.82) is 0 Å². The van der Waals surface area contributed by atoms with E-state index in [1.165, 1.54) is 6.07 Å². The summed E-state index contributed by atoms with van der Waals surface area (Å²) >= 11 is 3.32. The lowest BCUT2D eigenvalue weighted by molar-refractivity contribution is 0.560. The van der Waals surface area contributed by atoms with Crippen LogP contribution in [0.15, 0.2) is 33.5 Å². The van der Waals surface area contributed by atoms with Crippen LogP contribution >= 0.6 is 15.9 Å². The van der Waals surface area contributed by atoms with E-state index >= 15 is 0 Å². The van der Waals surface area contributed by atoms with Crippen LogP contribution in [0.2, 0.25) is 0 Å². The number of alkyl halides is 1. The van der Waals surface area contributed by atoms with Gasteiger partial charge in [-0.2, -0.15) is 0 Å². The topological polar surface area (TPSA) is 56.2 Å². The molecule has 72 valence electrons. The molecule has 0 unspecified atom stereocenters. The summed E-state index contributed by atoms with van der Waals surface area (Å²) < 4.78 is 5.03. The van der Waals surface area contributed by atoms with Crippen molar-refractivity contribution >= 4 is 32.6 Å². The van der Waals surface area contributed by atoms with Crippen LogP contribution < -0.4 is 11.4 Å². The van der Waals surface area contributed by atoms with Gasteiger partial charge in [0.2, 0.25) is 0 Å². The van der Waals surface area contributed by atoms with Gasteiger partial charge in [0.05, 0.1) is 0 Å². The molecule has 3 nitrogen and oxygen atoms in total. The normalized spacial score (nSPS) is 10.6. The second-order valence-corrected chi connectivity index (χ2v) is 3.54. The van der Waals surface area contributed by atoms with Gasteiger partial charge in [0.1, 0.15) is 5.58 Å². The van der Waals surface area contributed by atoms with Gasteiger partial charge in [-0.1, -0.05) is 15.9 Å². The maximum Gasteiger partial charge on any atom is 0.336 e. The lowest BCUT2D eigenvalue weighted by Gasteiger charge is -2.02. The van der Waals surface area contributed by atoms with E-state index in [4.69, 9.17) is 10.2 Å². The van der Waals surface area contributed by atoms with Gasteiger partial charge in [0.15, 0.2) is 0 Å². The Labute approximate surface area is 88.7 Å². The second kappa shape index (κ2) is 3.46. The summed E-state index contributed by atoms with van der Waals surface area (Å²) in [5, 5.41) is 1.54. The molecule has 0 aliphatic carbocycles. The quantitative estimate of drug-likeness (QED) is 0.482. The van der Waals surface area contributed by atoms with Crippen molar-refractivity contribution in [3.05, 3.63) is 40.2 Å². The fourth-order valence-corrected chi connectivity index (χ4v) is 1.82. The molecule has 1 aromatic heterocycles. The van der Waals surface area contributed by atoms with Crippen molar-refractivity contribution in [2.24, 2.45) is 0 Å². The molecule has 4 heteroatoms. The van der Waals surface area contributed by atoms with E-state index in [1.54, 1.807) is 12.1 Å². The molecule has 0 atom stereocenters. The van der Waals surface area contributed by atoms with Crippen LogP contribution in [0.1, 0.15) is 5.56 Å². The maximum atomic E-state index is 11.1. The molecular formula is C10H8BrNO2. The third kappa shape index (κ3) is 1.53. The zero-order chi connectivity index (χ0) is 10.1. The molecule has 1 heterocycles. The molecule has 0 saturated heterocycles. The van der Waals surface area contributed by atoms with Crippen LogP contribution in [0.3, 0.4) is 0 Å². The van der Waals surface area contributed by atoms with Gasteiger partial charge in [-0.15, -0.1) is 0 Å². The lowest BCUT2D eigenvalue weighted by Crippen LogP contribution is -1.99. The predicted octanol–water partition coefficient (Wildman–Crippen LogP) is 2.27. The molecule has 1 aromatic carbocycles. The molecular weight excluding hydrogens is 246 g/mol. The third-order valence-electron chi connectivity index (χ3n) is 2.00. The Morgan fingerprint density at radius 3 is 2.86 bits per heavy atom. The minimum Gasteiger partial charge on any atom is -0.423 e. The van der Waals surface area contributed by atoms with Crippen LogP contribution in [0, 0.1) is 0 Å². The number of hydrogen-bond acceptors (Lipinski definition) is 3. The van der Waals surface area contributed by atoms with Crippen LogP contribution in [0.4, 0.5) is 5.69 Å². The highest BCUT2D eigenvalue weighted by molar-refractivity contribution is 9.08. The molecule has 0 amide bonds. The first-order valence-corrected chi connectivity index (χ1v) is 5.21. The average molecular weight is 254 g/mol. The molecule has 0 bridgehead atoms. The Kier molecular flexibility index (Phi) is 2.29. The van der Waals surface area contributed by atoms with Gasteiger partial charge in [0.25, 0.3) is 0 Å². The summed E-state index contributed by atoms with van der Waals surface area (Å²) in [6, 6.07) is 6.77. The first kappa shape index (κ1) is 9.27. The first-order valence-electron chi connectivity index (χ1n) is 4.09. The average Bonchev–Trinajstić information content (AvgIpc) is 2.15. The van der Waals surface area contributed by atoms with E-state index in [2.05, 4.69) is 15.9 Å². The predicted molar refractivity (Wildman–Crippen MR) is 59.5 cm³/mol. The Morgan fingerprint density at radius 1 is 1.36 bits per heavy atom. The van der Waals surface area contributed by atoms with E-state index < -0.39 is 0 Å². The summed E-state index contributed by atoms with van der Waals surface area (Å²) in [5.74, 6) is 0. The molecule has 0 aliphatic heterocycles. The Morgan fingerprint density at radius 2 is 2.14 bits per heavy atom. The molecule has 0 fully saturated rings. The number of nitrogens with two attached hydrogens (primary N) is 1. The number of anilines is 1. The number of fused-ring (bicyclic) bond motifs is 1. The highest BCUT2D eigenvalue weighted by atomic mass is 79.9. The molecule has 2 N–H and O–H groups in total. The zero-order valence-corrected chi connectivity index (χ0v) is 8.87. The minimum atomic E-state index is -0.349. The van der Waals surface area contributed by atoms with Crippen molar-refractivity contribution in [3.63, 3.8) is 0 Å². The molecule has 0 aliphatic rings. The highest BCUT2D eigenvalue weighted by Gasteiger charge is 2.04. The van der Waals surface area contributed by atoms with Crippen molar-refractivity contribution < 1.29 is 4.42 Å². The van der Waals surface area contributed by atoms with E-state index in [0.29, 0.717) is 16.6 Å². The van der Waals surface area contributed by atoms with E-state index in [-0.39, 0.29) is 5.63 Å². The van der Waals surface area contributed by atoms with Gasteiger partial charge < -0.3 is 10.2 Å². The van der Waals surface area contributed by atoms with Crippen molar-refractivity contribution in [2.45, 2.75) is 5.33 Å². The van der Waals surface area contributed by atoms with E-state index in [9.17, 15) is 4.79 Å². The monoisotopic (exact) mass is 253 g/mol. The molecule has 2 aromatic rings. The summed E-state index contributed by atoms with van der Waals surface area (Å²) in [6.45, 7) is 0. The van der Waals surface area contributed by atoms with Crippen LogP contribution in [0.25, 0.3) is 11.0 Å². The molecule has 14 heavy (non-hydrogen) atoms. The van der Waals surface area contributed by atoms with Crippen LogP contribution in [0.5, 0.6) is 0 Å².